The lowest BCUT2D eigenvalue weighted by molar-refractivity contribution is 0.0313. The minimum Gasteiger partial charge on any atom is -0.496 e. The molecule has 9 nitrogen and oxygen atoms in total. The Morgan fingerprint density at radius 2 is 1.97 bits per heavy atom. The van der Waals surface area contributed by atoms with E-state index in [0.717, 1.165) is 5.56 Å². The Morgan fingerprint density at radius 1 is 1.24 bits per heavy atom. The van der Waals surface area contributed by atoms with Crippen LogP contribution in [-0.4, -0.2) is 82.7 Å². The number of carbonyl (C=O) groups excluding carboxylic acids is 2. The maximum atomic E-state index is 13.7. The zero-order chi connectivity index (χ0) is 26.5. The molecule has 0 saturated heterocycles. The summed E-state index contributed by atoms with van der Waals surface area (Å²) in [6, 6.07) is 12.2. The van der Waals surface area contributed by atoms with Crippen LogP contribution in [0, 0.1) is 5.92 Å². The Balaban J connectivity index is 1.71. The first kappa shape index (κ1) is 26.1. The molecule has 3 aromatic rings. The van der Waals surface area contributed by atoms with Crippen LogP contribution in [0.15, 0.2) is 61.1 Å². The number of hydrogen-bond acceptors (Lipinski definition) is 7. The second-order valence-corrected chi connectivity index (χ2v) is 9.32. The third kappa shape index (κ3) is 5.56. The lowest BCUT2D eigenvalue weighted by atomic mass is 9.98. The number of likely N-dealkylation sites (N-methyl/N-ethyl adjacent to an activating group) is 1. The second kappa shape index (κ2) is 11.4. The van der Waals surface area contributed by atoms with E-state index in [2.05, 4.69) is 9.97 Å². The van der Waals surface area contributed by atoms with Gasteiger partial charge in [0, 0.05) is 54.8 Å². The first-order valence-corrected chi connectivity index (χ1v) is 12.2. The topological polar surface area (TPSA) is 105 Å². The van der Waals surface area contributed by atoms with Crippen LogP contribution in [0.4, 0.5) is 0 Å². The standard InChI is InChI=1S/C28H32N4O5/c1-18-15-32(19(2)17-33)28(35)23-13-21(22-7-5-6-8-24(22)36-4)14-30-26(23)37-25(18)16-31(3)27(34)20-9-11-29-12-10-20/h5-14,18-19,25,33H,15-17H2,1-4H3/t18-,19+,25+/m0/s1. The molecule has 37 heavy (non-hydrogen) atoms. The van der Waals surface area contributed by atoms with Gasteiger partial charge in [0.05, 0.1) is 26.3 Å². The number of rotatable bonds is 7. The number of benzene rings is 1. The van der Waals surface area contributed by atoms with Gasteiger partial charge in [-0.1, -0.05) is 25.1 Å². The molecule has 3 atom stereocenters. The van der Waals surface area contributed by atoms with Gasteiger partial charge in [-0.25, -0.2) is 4.98 Å². The SMILES string of the molecule is COc1ccccc1-c1cnc2c(c1)C(=O)N([C@H](C)CO)C[C@H](C)[C@@H](CN(C)C(=O)c1ccncc1)O2. The second-order valence-electron chi connectivity index (χ2n) is 9.32. The highest BCUT2D eigenvalue weighted by Gasteiger charge is 2.35. The Morgan fingerprint density at radius 3 is 2.68 bits per heavy atom. The zero-order valence-corrected chi connectivity index (χ0v) is 21.5. The number of nitrogens with zero attached hydrogens (tertiary/aromatic N) is 4. The molecule has 0 unspecified atom stereocenters. The monoisotopic (exact) mass is 504 g/mol. The van der Waals surface area contributed by atoms with Gasteiger partial charge in [0.25, 0.3) is 11.8 Å². The fraction of sp³-hybridized carbons (Fsp3) is 0.357. The number of aliphatic hydroxyl groups is 1. The molecule has 1 N–H and O–H groups in total. The van der Waals surface area contributed by atoms with Crippen LogP contribution in [0.25, 0.3) is 11.1 Å². The smallest absolute Gasteiger partial charge is 0.259 e. The molecule has 194 valence electrons. The number of aromatic nitrogens is 2. The fourth-order valence-electron chi connectivity index (χ4n) is 4.42. The number of ether oxygens (including phenoxy) is 2. The van der Waals surface area contributed by atoms with Crippen molar-refractivity contribution in [3.05, 3.63) is 72.2 Å². The van der Waals surface area contributed by atoms with Crippen LogP contribution in [0.2, 0.25) is 0 Å². The number of aliphatic hydroxyl groups excluding tert-OH is 1. The van der Waals surface area contributed by atoms with Crippen molar-refractivity contribution in [3.63, 3.8) is 0 Å². The van der Waals surface area contributed by atoms with Crippen molar-refractivity contribution in [2.45, 2.75) is 26.0 Å². The first-order chi connectivity index (χ1) is 17.8. The van der Waals surface area contributed by atoms with Gasteiger partial charge in [0.1, 0.15) is 17.4 Å². The largest absolute Gasteiger partial charge is 0.496 e. The Labute approximate surface area is 216 Å². The van der Waals surface area contributed by atoms with Gasteiger partial charge in [-0.2, -0.15) is 0 Å². The van der Waals surface area contributed by atoms with Crippen LogP contribution in [0.1, 0.15) is 34.6 Å². The molecule has 0 aliphatic carbocycles. The van der Waals surface area contributed by atoms with E-state index < -0.39 is 12.1 Å². The van der Waals surface area contributed by atoms with E-state index in [1.54, 1.807) is 67.7 Å². The maximum Gasteiger partial charge on any atom is 0.259 e. The lowest BCUT2D eigenvalue weighted by Gasteiger charge is -2.37. The van der Waals surface area contributed by atoms with Gasteiger partial charge in [0.2, 0.25) is 5.88 Å². The average molecular weight is 505 g/mol. The first-order valence-electron chi connectivity index (χ1n) is 12.2. The van der Waals surface area contributed by atoms with Crippen LogP contribution < -0.4 is 9.47 Å². The van der Waals surface area contributed by atoms with Crippen molar-refractivity contribution in [1.29, 1.82) is 0 Å². The van der Waals surface area contributed by atoms with Crippen molar-refractivity contribution in [1.82, 2.24) is 19.8 Å². The summed E-state index contributed by atoms with van der Waals surface area (Å²) in [6.07, 6.45) is 4.37. The Kier molecular flexibility index (Phi) is 8.03. The molecule has 0 bridgehead atoms. The predicted octanol–water partition coefficient (Wildman–Crippen LogP) is 3.14. The molecule has 2 amide bonds. The molecule has 1 aliphatic heterocycles. The molecule has 3 heterocycles. The van der Waals surface area contributed by atoms with E-state index in [9.17, 15) is 14.7 Å². The molecule has 0 radical (unpaired) electrons. The molecule has 4 rings (SSSR count). The van der Waals surface area contributed by atoms with E-state index in [1.165, 1.54) is 0 Å². The number of amides is 2. The van der Waals surface area contributed by atoms with Crippen molar-refractivity contribution in [2.24, 2.45) is 5.92 Å². The number of carbonyl (C=O) groups is 2. The van der Waals surface area contributed by atoms with Crippen LogP contribution >= 0.6 is 0 Å². The lowest BCUT2D eigenvalue weighted by Crippen LogP contribution is -2.50. The van der Waals surface area contributed by atoms with Crippen LogP contribution in [0.3, 0.4) is 0 Å². The van der Waals surface area contributed by atoms with E-state index in [1.807, 2.05) is 31.2 Å². The summed E-state index contributed by atoms with van der Waals surface area (Å²) in [4.78, 5) is 38.4. The van der Waals surface area contributed by atoms with E-state index in [0.29, 0.717) is 29.0 Å². The summed E-state index contributed by atoms with van der Waals surface area (Å²) in [5, 5.41) is 9.90. The van der Waals surface area contributed by atoms with Gasteiger partial charge >= 0.3 is 0 Å². The zero-order valence-electron chi connectivity index (χ0n) is 21.5. The average Bonchev–Trinajstić information content (AvgIpc) is 2.94. The van der Waals surface area contributed by atoms with E-state index in [4.69, 9.17) is 9.47 Å². The molecular weight excluding hydrogens is 472 g/mol. The summed E-state index contributed by atoms with van der Waals surface area (Å²) < 4.78 is 11.8. The number of hydrogen-bond donors (Lipinski definition) is 1. The highest BCUT2D eigenvalue weighted by molar-refractivity contribution is 5.98. The number of fused-ring (bicyclic) bond motifs is 1. The highest BCUT2D eigenvalue weighted by atomic mass is 16.5. The van der Waals surface area contributed by atoms with Gasteiger partial charge in [-0.15, -0.1) is 0 Å². The summed E-state index contributed by atoms with van der Waals surface area (Å²) in [5.41, 5.74) is 2.33. The van der Waals surface area contributed by atoms with Gasteiger partial charge < -0.3 is 24.4 Å². The predicted molar refractivity (Wildman–Crippen MR) is 139 cm³/mol. The maximum absolute atomic E-state index is 13.7. The third-order valence-corrected chi connectivity index (χ3v) is 6.67. The minimum absolute atomic E-state index is 0.144. The molecular formula is C28H32N4O5. The van der Waals surface area contributed by atoms with Gasteiger partial charge in [-0.3, -0.25) is 14.6 Å². The molecule has 0 fully saturated rings. The summed E-state index contributed by atoms with van der Waals surface area (Å²) >= 11 is 0. The Hall–Kier alpha value is -3.98. The quantitative estimate of drug-likeness (QED) is 0.527. The highest BCUT2D eigenvalue weighted by Crippen LogP contribution is 2.34. The summed E-state index contributed by atoms with van der Waals surface area (Å²) in [6.45, 7) is 4.22. The van der Waals surface area contributed by atoms with E-state index in [-0.39, 0.29) is 36.8 Å². The molecule has 9 heteroatoms. The van der Waals surface area contributed by atoms with Gasteiger partial charge in [0.15, 0.2) is 0 Å². The molecule has 1 aliphatic rings. The normalized spacial score (nSPS) is 18.2. The van der Waals surface area contributed by atoms with Crippen molar-refractivity contribution in [2.75, 3.05) is 33.9 Å². The fourth-order valence-corrected chi connectivity index (χ4v) is 4.42. The van der Waals surface area contributed by atoms with E-state index >= 15 is 0 Å². The molecule has 0 spiro atoms. The van der Waals surface area contributed by atoms with Crippen molar-refractivity contribution < 1.29 is 24.2 Å². The number of pyridine rings is 2. The van der Waals surface area contributed by atoms with Crippen LogP contribution in [-0.2, 0) is 0 Å². The van der Waals surface area contributed by atoms with Crippen LogP contribution in [0.5, 0.6) is 11.6 Å². The molecule has 2 aromatic heterocycles. The Bertz CT molecular complexity index is 1250. The number of methoxy groups -OCH3 is 1. The van der Waals surface area contributed by atoms with Gasteiger partial charge in [-0.05, 0) is 31.2 Å². The van der Waals surface area contributed by atoms with Crippen molar-refractivity contribution >= 4 is 11.8 Å². The third-order valence-electron chi connectivity index (χ3n) is 6.67. The number of para-hydroxylation sites is 1. The minimum atomic E-state index is -0.444. The molecule has 1 aromatic carbocycles. The molecule has 0 saturated carbocycles. The van der Waals surface area contributed by atoms with Crippen molar-refractivity contribution in [3.8, 4) is 22.8 Å². The summed E-state index contributed by atoms with van der Waals surface area (Å²) in [7, 11) is 3.31. The summed E-state index contributed by atoms with van der Waals surface area (Å²) in [5.74, 6) is 0.283.